The maximum Gasteiger partial charge on any atom is 0.303 e. The Balaban J connectivity index is 1.81. The third-order valence-electron chi connectivity index (χ3n) is 3.80. The van der Waals surface area contributed by atoms with Gasteiger partial charge in [0.05, 0.1) is 11.4 Å². The summed E-state index contributed by atoms with van der Waals surface area (Å²) in [5.74, 6) is 0.730. The van der Waals surface area contributed by atoms with E-state index in [0.717, 1.165) is 24.2 Å². The van der Waals surface area contributed by atoms with E-state index < -0.39 is 5.97 Å². The lowest BCUT2D eigenvalue weighted by Crippen LogP contribution is -2.02. The minimum atomic E-state index is -0.746. The summed E-state index contributed by atoms with van der Waals surface area (Å²) in [5, 5.41) is 9.51. The fourth-order valence-electron chi connectivity index (χ4n) is 2.82. The molecule has 108 valence electrons. The molecule has 0 radical (unpaired) electrons. The van der Waals surface area contributed by atoms with Crippen molar-refractivity contribution in [1.29, 1.82) is 0 Å². The molecule has 0 saturated carbocycles. The van der Waals surface area contributed by atoms with E-state index in [1.807, 2.05) is 36.4 Å². The number of hydrogen-bond acceptors (Lipinski definition) is 2. The van der Waals surface area contributed by atoms with Gasteiger partial charge in [-0.25, -0.2) is 0 Å². The van der Waals surface area contributed by atoms with Crippen molar-refractivity contribution in [3.63, 3.8) is 0 Å². The lowest BCUT2D eigenvalue weighted by molar-refractivity contribution is -0.137. The van der Waals surface area contributed by atoms with Crippen LogP contribution in [0.2, 0.25) is 5.02 Å². The van der Waals surface area contributed by atoms with Gasteiger partial charge in [-0.2, -0.15) is 0 Å². The zero-order valence-electron chi connectivity index (χ0n) is 11.4. The largest absolute Gasteiger partial charge is 0.481 e. The molecule has 2 aromatic rings. The second kappa shape index (κ2) is 5.78. The predicted octanol–water partition coefficient (Wildman–Crippen LogP) is 4.64. The van der Waals surface area contributed by atoms with E-state index in [2.05, 4.69) is 0 Å². The minimum Gasteiger partial charge on any atom is -0.481 e. The molecule has 21 heavy (non-hydrogen) atoms. The van der Waals surface area contributed by atoms with E-state index in [9.17, 15) is 4.79 Å². The van der Waals surface area contributed by atoms with E-state index in [1.54, 1.807) is 6.07 Å². The van der Waals surface area contributed by atoms with E-state index >= 15 is 0 Å². The fourth-order valence-corrected chi connectivity index (χ4v) is 3.00. The zero-order chi connectivity index (χ0) is 14.8. The second-order valence-corrected chi connectivity index (χ2v) is 5.63. The molecule has 1 aliphatic carbocycles. The van der Waals surface area contributed by atoms with Gasteiger partial charge in [0, 0.05) is 0 Å². The van der Waals surface area contributed by atoms with Crippen LogP contribution in [0.25, 0.3) is 0 Å². The number of para-hydroxylation sites is 1. The maximum absolute atomic E-state index is 10.9. The van der Waals surface area contributed by atoms with E-state index in [0.29, 0.717) is 10.8 Å². The Labute approximate surface area is 128 Å². The topological polar surface area (TPSA) is 46.5 Å². The van der Waals surface area contributed by atoms with Crippen LogP contribution in [0.15, 0.2) is 42.5 Å². The number of carboxylic acids is 1. The molecule has 3 rings (SSSR count). The highest BCUT2D eigenvalue weighted by atomic mass is 35.5. The summed E-state index contributed by atoms with van der Waals surface area (Å²) in [6.07, 6.45) is 1.97. The van der Waals surface area contributed by atoms with Crippen LogP contribution in [0.1, 0.15) is 29.9 Å². The average molecular weight is 303 g/mol. The molecule has 0 unspecified atom stereocenters. The molecule has 1 atom stereocenters. The number of ether oxygens (including phenoxy) is 1. The molecule has 0 saturated heterocycles. The normalized spacial score (nSPS) is 16.5. The Morgan fingerprint density at radius 3 is 2.86 bits per heavy atom. The van der Waals surface area contributed by atoms with E-state index in [1.165, 1.54) is 5.56 Å². The molecule has 0 bridgehead atoms. The van der Waals surface area contributed by atoms with E-state index in [4.69, 9.17) is 21.4 Å². The van der Waals surface area contributed by atoms with Gasteiger partial charge in [-0.3, -0.25) is 4.79 Å². The molecule has 3 nitrogen and oxygen atoms in total. The quantitative estimate of drug-likeness (QED) is 0.895. The number of benzene rings is 2. The summed E-state index contributed by atoms with van der Waals surface area (Å²) in [6.45, 7) is 0. The van der Waals surface area contributed by atoms with Crippen LogP contribution in [0, 0.1) is 0 Å². The van der Waals surface area contributed by atoms with Crippen LogP contribution in [0.4, 0.5) is 0 Å². The summed E-state index contributed by atoms with van der Waals surface area (Å²) < 4.78 is 5.80. The zero-order valence-corrected chi connectivity index (χ0v) is 12.1. The highest BCUT2D eigenvalue weighted by molar-refractivity contribution is 6.32. The number of aryl methyl sites for hydroxylation is 1. The molecule has 0 heterocycles. The van der Waals surface area contributed by atoms with Gasteiger partial charge >= 0.3 is 5.97 Å². The third kappa shape index (κ3) is 3.03. The Kier molecular flexibility index (Phi) is 3.84. The number of rotatable bonds is 4. The first-order valence-electron chi connectivity index (χ1n) is 6.90. The smallest absolute Gasteiger partial charge is 0.303 e. The average Bonchev–Trinajstić information content (AvgIpc) is 2.83. The van der Waals surface area contributed by atoms with Gasteiger partial charge in [0.1, 0.15) is 11.5 Å². The number of halogens is 1. The van der Waals surface area contributed by atoms with Gasteiger partial charge in [0.25, 0.3) is 0 Å². The van der Waals surface area contributed by atoms with Crippen LogP contribution < -0.4 is 4.74 Å². The van der Waals surface area contributed by atoms with Crippen LogP contribution in [-0.4, -0.2) is 11.1 Å². The van der Waals surface area contributed by atoms with Gasteiger partial charge in [0.15, 0.2) is 0 Å². The van der Waals surface area contributed by atoms with Crippen molar-refractivity contribution in [2.45, 2.75) is 25.2 Å². The number of carbonyl (C=O) groups is 1. The summed E-state index contributed by atoms with van der Waals surface area (Å²) in [4.78, 5) is 10.9. The van der Waals surface area contributed by atoms with Gasteiger partial charge in [0.2, 0.25) is 0 Å². The maximum atomic E-state index is 10.9. The summed E-state index contributed by atoms with van der Waals surface area (Å²) in [6, 6.07) is 13.2. The van der Waals surface area contributed by atoms with Crippen molar-refractivity contribution >= 4 is 17.6 Å². The van der Waals surface area contributed by atoms with Gasteiger partial charge in [-0.1, -0.05) is 29.8 Å². The number of fused-ring (bicyclic) bond motifs is 1. The lowest BCUT2D eigenvalue weighted by Gasteiger charge is -2.11. The van der Waals surface area contributed by atoms with Crippen molar-refractivity contribution in [1.82, 2.24) is 0 Å². The first-order chi connectivity index (χ1) is 10.1. The van der Waals surface area contributed by atoms with Crippen molar-refractivity contribution in [2.75, 3.05) is 0 Å². The molecule has 1 aliphatic rings. The Bertz CT molecular complexity index is 681. The summed E-state index contributed by atoms with van der Waals surface area (Å²) in [5.41, 5.74) is 2.30. The Hall–Kier alpha value is -2.00. The third-order valence-corrected chi connectivity index (χ3v) is 4.11. The lowest BCUT2D eigenvalue weighted by atomic mass is 9.98. The Morgan fingerprint density at radius 1 is 1.29 bits per heavy atom. The van der Waals surface area contributed by atoms with Crippen LogP contribution in [0.3, 0.4) is 0 Å². The summed E-state index contributed by atoms with van der Waals surface area (Å²) in [7, 11) is 0. The molecule has 4 heteroatoms. The number of hydrogen-bond donors (Lipinski definition) is 1. The highest BCUT2D eigenvalue weighted by Gasteiger charge is 2.25. The molecule has 0 amide bonds. The van der Waals surface area contributed by atoms with Crippen LogP contribution in [-0.2, 0) is 11.2 Å². The van der Waals surface area contributed by atoms with Crippen LogP contribution >= 0.6 is 11.6 Å². The summed E-state index contributed by atoms with van der Waals surface area (Å²) >= 11 is 6.08. The Morgan fingerprint density at radius 2 is 2.10 bits per heavy atom. The number of carboxylic acid groups (broad SMARTS) is 1. The molecule has 0 aromatic heterocycles. The SMILES string of the molecule is O=C(O)C[C@@H]1CCc2cc(Oc3ccccc3Cl)ccc21. The fraction of sp³-hybridized carbons (Fsp3) is 0.235. The second-order valence-electron chi connectivity index (χ2n) is 5.23. The molecule has 0 fully saturated rings. The first kappa shape index (κ1) is 14.0. The van der Waals surface area contributed by atoms with Gasteiger partial charge in [-0.05, 0) is 54.2 Å². The molecule has 0 aliphatic heterocycles. The standard InChI is InChI=1S/C17H15ClO3/c18-15-3-1-2-4-16(15)21-13-7-8-14-11(9-13)5-6-12(14)10-17(19)20/h1-4,7-9,12H,5-6,10H2,(H,19,20)/t12-/m0/s1. The molecule has 1 N–H and O–H groups in total. The van der Waals surface area contributed by atoms with Crippen LogP contribution in [0.5, 0.6) is 11.5 Å². The van der Waals surface area contributed by atoms with Gasteiger partial charge in [-0.15, -0.1) is 0 Å². The number of aliphatic carboxylic acids is 1. The minimum absolute atomic E-state index is 0.117. The molecular formula is C17H15ClO3. The van der Waals surface area contributed by atoms with Crippen molar-refractivity contribution < 1.29 is 14.6 Å². The van der Waals surface area contributed by atoms with Gasteiger partial charge < -0.3 is 9.84 Å². The van der Waals surface area contributed by atoms with Crippen molar-refractivity contribution in [3.8, 4) is 11.5 Å². The monoisotopic (exact) mass is 302 g/mol. The van der Waals surface area contributed by atoms with Crippen molar-refractivity contribution in [2.24, 2.45) is 0 Å². The highest BCUT2D eigenvalue weighted by Crippen LogP contribution is 2.38. The molecule has 0 spiro atoms. The van der Waals surface area contributed by atoms with Crippen molar-refractivity contribution in [3.05, 3.63) is 58.6 Å². The molecule has 2 aromatic carbocycles. The van der Waals surface area contributed by atoms with E-state index in [-0.39, 0.29) is 12.3 Å². The molecular weight excluding hydrogens is 288 g/mol. The first-order valence-corrected chi connectivity index (χ1v) is 7.28. The predicted molar refractivity (Wildman–Crippen MR) is 81.3 cm³/mol.